The third-order valence-electron chi connectivity index (χ3n) is 10.9. The number of carbonyl (C=O) groups is 5. The summed E-state index contributed by atoms with van der Waals surface area (Å²) in [5, 5.41) is 17.4. The Bertz CT molecular complexity index is 1540. The molecular weight excluding hydrogens is 659 g/mol. The first kappa shape index (κ1) is 37.3. The van der Waals surface area contributed by atoms with E-state index in [0.717, 1.165) is 30.4 Å². The number of ether oxygens (including phenoxy) is 1. The minimum absolute atomic E-state index is 0.0682. The van der Waals surface area contributed by atoms with Crippen LogP contribution in [0.4, 0.5) is 0 Å². The van der Waals surface area contributed by atoms with Crippen LogP contribution >= 0.6 is 11.8 Å². The molecule has 0 aliphatic heterocycles. The van der Waals surface area contributed by atoms with E-state index >= 15 is 0 Å². The van der Waals surface area contributed by atoms with Crippen molar-refractivity contribution in [1.82, 2.24) is 16.0 Å². The van der Waals surface area contributed by atoms with Crippen LogP contribution in [0.2, 0.25) is 0 Å². The number of hydrogen-bond donors (Lipinski definition) is 6. The molecule has 12 nitrogen and oxygen atoms in total. The van der Waals surface area contributed by atoms with Crippen LogP contribution in [0.25, 0.3) is 0 Å². The average molecular weight is 708 g/mol. The molecule has 0 saturated heterocycles. The van der Waals surface area contributed by atoms with Gasteiger partial charge in [-0.25, -0.2) is 4.79 Å². The van der Waals surface area contributed by atoms with Gasteiger partial charge in [-0.3, -0.25) is 19.2 Å². The molecule has 6 atom stereocenters. The summed E-state index contributed by atoms with van der Waals surface area (Å²) in [7, 11) is 0. The van der Waals surface area contributed by atoms with E-state index in [1.54, 1.807) is 36.4 Å². The molecule has 0 radical (unpaired) electrons. The summed E-state index contributed by atoms with van der Waals surface area (Å²) in [5.41, 5.74) is 12.7. The van der Waals surface area contributed by atoms with Crippen molar-refractivity contribution in [2.45, 2.75) is 82.0 Å². The van der Waals surface area contributed by atoms with Crippen molar-refractivity contribution in [2.24, 2.45) is 34.6 Å². The lowest BCUT2D eigenvalue weighted by atomic mass is 9.42. The predicted octanol–water partition coefficient (Wildman–Crippen LogP) is 1.96. The van der Waals surface area contributed by atoms with Crippen LogP contribution < -0.4 is 27.4 Å². The smallest absolute Gasteiger partial charge is 0.336 e. The third-order valence-corrected chi connectivity index (χ3v) is 11.6. The second-order valence-electron chi connectivity index (χ2n) is 14.5. The van der Waals surface area contributed by atoms with Crippen LogP contribution in [0.15, 0.2) is 54.6 Å². The van der Waals surface area contributed by atoms with Gasteiger partial charge in [0, 0.05) is 12.0 Å². The lowest BCUT2D eigenvalue weighted by Crippen LogP contribution is -2.70. The fourth-order valence-corrected chi connectivity index (χ4v) is 8.75. The second kappa shape index (κ2) is 15.9. The molecule has 4 saturated carbocycles. The first-order chi connectivity index (χ1) is 23.8. The molecule has 3 amide bonds. The molecule has 6 rings (SSSR count). The van der Waals surface area contributed by atoms with Crippen LogP contribution in [0.5, 0.6) is 5.75 Å². The van der Waals surface area contributed by atoms with Gasteiger partial charge in [0.25, 0.3) is 0 Å². The first-order valence-electron chi connectivity index (χ1n) is 17.3. The summed E-state index contributed by atoms with van der Waals surface area (Å²) < 4.78 is 5.59. The maximum atomic E-state index is 13.8. The van der Waals surface area contributed by atoms with Gasteiger partial charge in [0.05, 0.1) is 18.0 Å². The van der Waals surface area contributed by atoms with Gasteiger partial charge in [-0.1, -0.05) is 42.5 Å². The summed E-state index contributed by atoms with van der Waals surface area (Å²) >= 11 is 1.49. The highest BCUT2D eigenvalue weighted by atomic mass is 32.2. The average Bonchev–Trinajstić information content (AvgIpc) is 3.08. The molecule has 2 aromatic rings. The number of nitrogens with one attached hydrogen (secondary N) is 3. The summed E-state index contributed by atoms with van der Waals surface area (Å²) in [6.07, 6.45) is 6.66. The zero-order chi connectivity index (χ0) is 36.1. The van der Waals surface area contributed by atoms with Crippen molar-refractivity contribution in [3.63, 3.8) is 0 Å². The normalized spacial score (nSPS) is 26.7. The molecule has 3 unspecified atom stereocenters. The van der Waals surface area contributed by atoms with Crippen LogP contribution in [-0.2, 0) is 41.6 Å². The molecule has 50 heavy (non-hydrogen) atoms. The Labute approximate surface area is 297 Å². The number of hydrogen-bond acceptors (Lipinski definition) is 10. The standard InChI is InChI=1S/C37H49N5O7S/c1-36(39)26-15-24-14-25(16-26)20-37(36,19-24)35(48)49-34(47)30(18-22-6-4-3-5-7-22)41-31(44)21-40-33(46)29(12-13-50-2)42-32(45)28(38)17-23-8-10-27(43)11-9-23/h3-11,24-26,28-30,43H,12-21,38-39H2,1-2H3,(H,40,46)(H,41,44)(H,42,45)/t24?,25?,26?,28-,29+,30-,36?,37?/m0/s1. The molecule has 8 N–H and O–H groups in total. The lowest BCUT2D eigenvalue weighted by Gasteiger charge is -2.63. The lowest BCUT2D eigenvalue weighted by molar-refractivity contribution is -0.191. The number of thioether (sulfide) groups is 1. The monoisotopic (exact) mass is 707 g/mol. The zero-order valence-corrected chi connectivity index (χ0v) is 29.5. The molecule has 270 valence electrons. The number of carbonyl (C=O) groups excluding carboxylic acids is 5. The van der Waals surface area contributed by atoms with E-state index in [1.807, 2.05) is 19.2 Å². The van der Waals surface area contributed by atoms with Gasteiger partial charge < -0.3 is 37.3 Å². The molecule has 0 aromatic heterocycles. The maximum Gasteiger partial charge on any atom is 0.336 e. The fourth-order valence-electron chi connectivity index (χ4n) is 8.28. The third kappa shape index (κ3) is 8.50. The second-order valence-corrected chi connectivity index (χ2v) is 15.5. The zero-order valence-electron chi connectivity index (χ0n) is 28.7. The van der Waals surface area contributed by atoms with Gasteiger partial charge in [-0.2, -0.15) is 11.8 Å². The van der Waals surface area contributed by atoms with Crippen LogP contribution in [-0.4, -0.2) is 77.0 Å². The molecule has 4 aliphatic rings. The largest absolute Gasteiger partial charge is 0.508 e. The van der Waals surface area contributed by atoms with E-state index in [9.17, 15) is 29.1 Å². The number of rotatable bonds is 15. The number of aromatic hydroxyl groups is 1. The molecule has 2 aromatic carbocycles. The van der Waals surface area contributed by atoms with E-state index in [-0.39, 0.29) is 24.5 Å². The molecule has 4 aliphatic carbocycles. The van der Waals surface area contributed by atoms with Crippen molar-refractivity contribution < 1.29 is 33.8 Å². The fraction of sp³-hybridized carbons (Fsp3) is 0.541. The van der Waals surface area contributed by atoms with Gasteiger partial charge in [0.2, 0.25) is 17.7 Å². The minimum atomic E-state index is -1.20. The van der Waals surface area contributed by atoms with Crippen molar-refractivity contribution in [1.29, 1.82) is 0 Å². The quantitative estimate of drug-likeness (QED) is 0.117. The van der Waals surface area contributed by atoms with Crippen LogP contribution in [0.1, 0.15) is 56.6 Å². The highest BCUT2D eigenvalue weighted by Crippen LogP contribution is 2.64. The maximum absolute atomic E-state index is 13.8. The number of nitrogens with two attached hydrogens (primary N) is 2. The van der Waals surface area contributed by atoms with Gasteiger partial charge in [-0.05, 0) is 105 Å². The topological polar surface area (TPSA) is 203 Å². The number of phenolic OH excluding ortho intramolecular Hbond substituents is 1. The van der Waals surface area contributed by atoms with Gasteiger partial charge in [0.15, 0.2) is 0 Å². The Kier molecular flexibility index (Phi) is 11.9. The van der Waals surface area contributed by atoms with E-state index in [4.69, 9.17) is 16.2 Å². The molecular formula is C37H49N5O7S. The number of phenols is 1. The van der Waals surface area contributed by atoms with Crippen molar-refractivity contribution >= 4 is 41.4 Å². The molecule has 4 bridgehead atoms. The summed E-state index contributed by atoms with van der Waals surface area (Å²) in [6.45, 7) is 1.43. The number of amides is 3. The van der Waals surface area contributed by atoms with E-state index < -0.39 is 65.3 Å². The molecule has 4 fully saturated rings. The van der Waals surface area contributed by atoms with Crippen LogP contribution in [0, 0.1) is 23.2 Å². The Morgan fingerprint density at radius 1 is 0.900 bits per heavy atom. The van der Waals surface area contributed by atoms with Crippen molar-refractivity contribution in [2.75, 3.05) is 18.6 Å². The Morgan fingerprint density at radius 2 is 1.54 bits per heavy atom. The van der Waals surface area contributed by atoms with Gasteiger partial charge in [-0.15, -0.1) is 0 Å². The SMILES string of the molecule is CSCC[C@@H](NC(=O)[C@@H](N)Cc1ccc(O)cc1)C(=O)NCC(=O)N[C@@H](Cc1ccccc1)C(=O)OC(=O)C12CC3CC(CC(C3)C1(C)N)C2. The number of benzene rings is 2. The van der Waals surface area contributed by atoms with Crippen molar-refractivity contribution in [3.05, 3.63) is 65.7 Å². The highest BCUT2D eigenvalue weighted by molar-refractivity contribution is 7.98. The van der Waals surface area contributed by atoms with Gasteiger partial charge in [0.1, 0.15) is 17.8 Å². The molecule has 0 spiro atoms. The Balaban J connectivity index is 1.20. The van der Waals surface area contributed by atoms with E-state index in [0.29, 0.717) is 36.9 Å². The Morgan fingerprint density at radius 3 is 2.18 bits per heavy atom. The summed E-state index contributed by atoms with van der Waals surface area (Å²) in [6, 6.07) is 12.3. The van der Waals surface area contributed by atoms with Crippen LogP contribution in [0.3, 0.4) is 0 Å². The summed E-state index contributed by atoms with van der Waals surface area (Å²) in [5.74, 6) is -1.67. The predicted molar refractivity (Wildman–Crippen MR) is 189 cm³/mol. The molecule has 0 heterocycles. The highest BCUT2D eigenvalue weighted by Gasteiger charge is 2.66. The Hall–Kier alpha value is -3.94. The van der Waals surface area contributed by atoms with Gasteiger partial charge >= 0.3 is 11.9 Å². The van der Waals surface area contributed by atoms with E-state index in [2.05, 4.69) is 16.0 Å². The first-order valence-corrected chi connectivity index (χ1v) is 18.7. The van der Waals surface area contributed by atoms with E-state index in [1.165, 1.54) is 23.9 Å². The summed E-state index contributed by atoms with van der Waals surface area (Å²) in [4.78, 5) is 66.8. The van der Waals surface area contributed by atoms with Crippen molar-refractivity contribution in [3.8, 4) is 5.75 Å². The minimum Gasteiger partial charge on any atom is -0.508 e. The molecule has 13 heteroatoms. The number of esters is 2.